The summed E-state index contributed by atoms with van der Waals surface area (Å²) in [7, 11) is 0. The Bertz CT molecular complexity index is 791. The minimum absolute atomic E-state index is 0.249. The first-order chi connectivity index (χ1) is 14.0. The first-order valence-corrected chi connectivity index (χ1v) is 10.2. The Balaban J connectivity index is 1.88. The highest BCUT2D eigenvalue weighted by molar-refractivity contribution is 6.01. The molecule has 1 atom stereocenters. The van der Waals surface area contributed by atoms with E-state index in [9.17, 15) is 9.59 Å². The zero-order chi connectivity index (χ0) is 21.1. The second-order valence-electron chi connectivity index (χ2n) is 7.04. The Labute approximate surface area is 173 Å². The molecule has 0 saturated heterocycles. The smallest absolute Gasteiger partial charge is 0.338 e. The SMILES string of the molecule is C=CCOc1ccc(C(=O)C(C)OC(=O)c2ccc(CCCCCC)cc2)cc1. The molecular weight excluding hydrogens is 364 g/mol. The molecule has 0 aliphatic rings. The summed E-state index contributed by atoms with van der Waals surface area (Å²) < 4.78 is 10.8. The molecule has 0 spiro atoms. The van der Waals surface area contributed by atoms with E-state index in [1.54, 1.807) is 49.4 Å². The second-order valence-corrected chi connectivity index (χ2v) is 7.04. The Morgan fingerprint density at radius 1 is 0.966 bits per heavy atom. The molecule has 2 aromatic carbocycles. The van der Waals surface area contributed by atoms with E-state index in [0.29, 0.717) is 23.5 Å². The number of carbonyl (C=O) groups is 2. The van der Waals surface area contributed by atoms with E-state index in [2.05, 4.69) is 13.5 Å². The number of rotatable bonds is 12. The van der Waals surface area contributed by atoms with Gasteiger partial charge in [0.25, 0.3) is 0 Å². The van der Waals surface area contributed by atoms with Crippen molar-refractivity contribution < 1.29 is 19.1 Å². The Hall–Kier alpha value is -2.88. The number of Topliss-reactive ketones (excluding diaryl/α,β-unsaturated/α-hetero) is 1. The maximum Gasteiger partial charge on any atom is 0.338 e. The van der Waals surface area contributed by atoms with Crippen molar-refractivity contribution >= 4 is 11.8 Å². The van der Waals surface area contributed by atoms with Crippen LogP contribution >= 0.6 is 0 Å². The molecule has 4 heteroatoms. The van der Waals surface area contributed by atoms with Gasteiger partial charge in [-0.05, 0) is 61.7 Å². The van der Waals surface area contributed by atoms with Gasteiger partial charge in [-0.2, -0.15) is 0 Å². The normalized spacial score (nSPS) is 11.5. The average molecular weight is 395 g/mol. The summed E-state index contributed by atoms with van der Waals surface area (Å²) in [4.78, 5) is 24.9. The summed E-state index contributed by atoms with van der Waals surface area (Å²) in [5, 5.41) is 0. The number of ether oxygens (including phenoxy) is 2. The minimum Gasteiger partial charge on any atom is -0.490 e. The summed E-state index contributed by atoms with van der Waals surface area (Å²) in [6.07, 6.45) is 6.64. The highest BCUT2D eigenvalue weighted by Gasteiger charge is 2.20. The minimum atomic E-state index is -0.865. The van der Waals surface area contributed by atoms with Gasteiger partial charge in [0.2, 0.25) is 5.78 Å². The topological polar surface area (TPSA) is 52.6 Å². The number of hydrogen-bond donors (Lipinski definition) is 0. The third kappa shape index (κ3) is 7.22. The van der Waals surface area contributed by atoms with Gasteiger partial charge in [-0.1, -0.05) is 51.0 Å². The van der Waals surface area contributed by atoms with Crippen LogP contribution in [0, 0.1) is 0 Å². The molecule has 154 valence electrons. The van der Waals surface area contributed by atoms with Crippen molar-refractivity contribution in [3.05, 3.63) is 77.9 Å². The van der Waals surface area contributed by atoms with Crippen molar-refractivity contribution in [3.8, 4) is 5.75 Å². The van der Waals surface area contributed by atoms with Crippen LogP contribution < -0.4 is 4.74 Å². The van der Waals surface area contributed by atoms with Crippen LogP contribution in [0.1, 0.15) is 65.8 Å². The van der Waals surface area contributed by atoms with Gasteiger partial charge in [-0.25, -0.2) is 4.79 Å². The van der Waals surface area contributed by atoms with Crippen LogP contribution in [0.4, 0.5) is 0 Å². The van der Waals surface area contributed by atoms with E-state index < -0.39 is 12.1 Å². The molecule has 0 radical (unpaired) electrons. The molecule has 0 N–H and O–H groups in total. The molecule has 0 bridgehead atoms. The van der Waals surface area contributed by atoms with Crippen LogP contribution in [0.5, 0.6) is 5.75 Å². The van der Waals surface area contributed by atoms with Gasteiger partial charge < -0.3 is 9.47 Å². The van der Waals surface area contributed by atoms with E-state index >= 15 is 0 Å². The molecule has 2 rings (SSSR count). The van der Waals surface area contributed by atoms with Crippen molar-refractivity contribution in [2.75, 3.05) is 6.61 Å². The van der Waals surface area contributed by atoms with Crippen LogP contribution in [0.25, 0.3) is 0 Å². The van der Waals surface area contributed by atoms with Gasteiger partial charge in [-0.3, -0.25) is 4.79 Å². The number of benzene rings is 2. The average Bonchev–Trinajstić information content (AvgIpc) is 2.75. The van der Waals surface area contributed by atoms with Crippen LogP contribution in [0.3, 0.4) is 0 Å². The molecule has 0 aliphatic heterocycles. The molecule has 29 heavy (non-hydrogen) atoms. The van der Waals surface area contributed by atoms with Crippen molar-refractivity contribution in [1.29, 1.82) is 0 Å². The Morgan fingerprint density at radius 2 is 1.62 bits per heavy atom. The summed E-state index contributed by atoms with van der Waals surface area (Å²) in [6, 6.07) is 14.2. The summed E-state index contributed by atoms with van der Waals surface area (Å²) >= 11 is 0. The molecule has 0 fully saturated rings. The van der Waals surface area contributed by atoms with E-state index in [0.717, 1.165) is 12.8 Å². The maximum absolute atomic E-state index is 12.5. The summed E-state index contributed by atoms with van der Waals surface area (Å²) in [5.74, 6) is -0.0867. The van der Waals surface area contributed by atoms with Crippen LogP contribution in [0.2, 0.25) is 0 Å². The third-order valence-electron chi connectivity index (χ3n) is 4.67. The fraction of sp³-hybridized carbons (Fsp3) is 0.360. The fourth-order valence-electron chi connectivity index (χ4n) is 2.95. The predicted octanol–water partition coefficient (Wildman–Crippen LogP) is 5.80. The molecular formula is C25H30O4. The first kappa shape index (κ1) is 22.4. The van der Waals surface area contributed by atoms with Crippen LogP contribution in [0.15, 0.2) is 61.2 Å². The van der Waals surface area contributed by atoms with Gasteiger partial charge in [0.05, 0.1) is 5.56 Å². The standard InChI is InChI=1S/C25H30O4/c1-4-6-7-8-9-20-10-12-22(13-11-20)25(27)29-19(3)24(26)21-14-16-23(17-15-21)28-18-5-2/h5,10-17,19H,2,4,6-9,18H2,1,3H3. The number of aryl methyl sites for hydroxylation is 1. The third-order valence-corrected chi connectivity index (χ3v) is 4.67. The molecule has 0 saturated carbocycles. The highest BCUT2D eigenvalue weighted by atomic mass is 16.5. The first-order valence-electron chi connectivity index (χ1n) is 10.2. The molecule has 0 heterocycles. The summed E-state index contributed by atoms with van der Waals surface area (Å²) in [5.41, 5.74) is 2.13. The van der Waals surface area contributed by atoms with E-state index in [1.807, 2.05) is 12.1 Å². The van der Waals surface area contributed by atoms with Crippen molar-refractivity contribution in [2.24, 2.45) is 0 Å². The van der Waals surface area contributed by atoms with Gasteiger partial charge in [0.1, 0.15) is 12.4 Å². The zero-order valence-electron chi connectivity index (χ0n) is 17.4. The van der Waals surface area contributed by atoms with Crippen LogP contribution in [-0.4, -0.2) is 24.5 Å². The number of unbranched alkanes of at least 4 members (excludes halogenated alkanes) is 3. The van der Waals surface area contributed by atoms with Gasteiger partial charge in [0, 0.05) is 5.56 Å². The van der Waals surface area contributed by atoms with E-state index in [1.165, 1.54) is 24.8 Å². The Morgan fingerprint density at radius 3 is 2.24 bits per heavy atom. The lowest BCUT2D eigenvalue weighted by molar-refractivity contribution is 0.0319. The van der Waals surface area contributed by atoms with Gasteiger partial charge in [0.15, 0.2) is 6.10 Å². The Kier molecular flexibility index (Phi) is 9.16. The summed E-state index contributed by atoms with van der Waals surface area (Å²) in [6.45, 7) is 7.78. The highest BCUT2D eigenvalue weighted by Crippen LogP contribution is 2.16. The van der Waals surface area contributed by atoms with E-state index in [4.69, 9.17) is 9.47 Å². The molecule has 2 aromatic rings. The number of ketones is 1. The predicted molar refractivity (Wildman–Crippen MR) is 116 cm³/mol. The van der Waals surface area contributed by atoms with E-state index in [-0.39, 0.29) is 5.78 Å². The molecule has 4 nitrogen and oxygen atoms in total. The molecule has 0 aliphatic carbocycles. The van der Waals surface area contributed by atoms with Crippen molar-refractivity contribution in [1.82, 2.24) is 0 Å². The zero-order valence-corrected chi connectivity index (χ0v) is 17.4. The van der Waals surface area contributed by atoms with Crippen molar-refractivity contribution in [3.63, 3.8) is 0 Å². The lowest BCUT2D eigenvalue weighted by Gasteiger charge is -2.13. The maximum atomic E-state index is 12.5. The fourth-order valence-corrected chi connectivity index (χ4v) is 2.95. The van der Waals surface area contributed by atoms with Gasteiger partial charge in [-0.15, -0.1) is 0 Å². The molecule has 1 unspecified atom stereocenters. The molecule has 0 aromatic heterocycles. The monoisotopic (exact) mass is 394 g/mol. The number of hydrogen-bond acceptors (Lipinski definition) is 4. The van der Waals surface area contributed by atoms with Gasteiger partial charge >= 0.3 is 5.97 Å². The van der Waals surface area contributed by atoms with Crippen LogP contribution in [-0.2, 0) is 11.2 Å². The lowest BCUT2D eigenvalue weighted by atomic mass is 10.0. The largest absolute Gasteiger partial charge is 0.490 e. The lowest BCUT2D eigenvalue weighted by Crippen LogP contribution is -2.24. The second kappa shape index (κ2) is 11.8. The van der Waals surface area contributed by atoms with Crippen molar-refractivity contribution in [2.45, 2.75) is 52.1 Å². The number of carbonyl (C=O) groups excluding carboxylic acids is 2. The number of esters is 1. The quantitative estimate of drug-likeness (QED) is 0.197. The molecule has 0 amide bonds.